The molecule has 0 aliphatic carbocycles. The fourth-order valence-electron chi connectivity index (χ4n) is 2.97. The molecule has 0 unspecified atom stereocenters. The minimum Gasteiger partial charge on any atom is -0.353 e. The molecular weight excluding hydrogens is 344 g/mol. The monoisotopic (exact) mass is 361 g/mol. The lowest BCUT2D eigenvalue weighted by Gasteiger charge is -2.35. The molecule has 5 nitrogen and oxygen atoms in total. The van der Waals surface area contributed by atoms with E-state index in [4.69, 9.17) is 0 Å². The van der Waals surface area contributed by atoms with Crippen LogP contribution in [0, 0.1) is 6.92 Å². The summed E-state index contributed by atoms with van der Waals surface area (Å²) in [6, 6.07) is 9.48. The van der Waals surface area contributed by atoms with E-state index in [9.17, 15) is 8.78 Å². The summed E-state index contributed by atoms with van der Waals surface area (Å²) in [6.07, 6.45) is -2.58. The van der Waals surface area contributed by atoms with Crippen LogP contribution in [0.25, 0.3) is 10.2 Å². The summed E-state index contributed by atoms with van der Waals surface area (Å²) in [4.78, 5) is 17.1. The number of rotatable bonds is 3. The Labute approximate surface area is 148 Å². The normalized spacial score (nSPS) is 15.4. The van der Waals surface area contributed by atoms with Crippen LogP contribution in [0.2, 0.25) is 0 Å². The Morgan fingerprint density at radius 1 is 1.00 bits per heavy atom. The van der Waals surface area contributed by atoms with Crippen molar-refractivity contribution in [1.82, 2.24) is 15.0 Å². The minimum atomic E-state index is -2.58. The summed E-state index contributed by atoms with van der Waals surface area (Å²) >= 11 is 1.68. The Morgan fingerprint density at radius 2 is 1.72 bits per heavy atom. The van der Waals surface area contributed by atoms with Crippen LogP contribution in [0.4, 0.5) is 19.7 Å². The van der Waals surface area contributed by atoms with Crippen LogP contribution in [0.15, 0.2) is 30.3 Å². The van der Waals surface area contributed by atoms with E-state index >= 15 is 0 Å². The fraction of sp³-hybridized carbons (Fsp3) is 0.353. The van der Waals surface area contributed by atoms with E-state index in [2.05, 4.69) is 25.9 Å². The lowest BCUT2D eigenvalue weighted by molar-refractivity contribution is 0.145. The van der Waals surface area contributed by atoms with Crippen molar-refractivity contribution >= 4 is 32.5 Å². The van der Waals surface area contributed by atoms with Crippen LogP contribution in [-0.4, -0.2) is 41.1 Å². The number of hydrogen-bond donors (Lipinski definition) is 0. The summed E-state index contributed by atoms with van der Waals surface area (Å²) in [5, 5.41) is 1.01. The molecule has 2 aromatic heterocycles. The molecule has 0 bridgehead atoms. The highest BCUT2D eigenvalue weighted by Gasteiger charge is 2.22. The van der Waals surface area contributed by atoms with E-state index in [0.29, 0.717) is 11.6 Å². The number of para-hydroxylation sites is 1. The predicted octanol–water partition coefficient (Wildman–Crippen LogP) is 3.66. The highest BCUT2D eigenvalue weighted by Crippen LogP contribution is 2.30. The molecular formula is C17H17F2N5S. The van der Waals surface area contributed by atoms with Gasteiger partial charge in [0.05, 0.1) is 10.2 Å². The van der Waals surface area contributed by atoms with Crippen LogP contribution in [0.5, 0.6) is 0 Å². The lowest BCUT2D eigenvalue weighted by Crippen LogP contribution is -2.47. The van der Waals surface area contributed by atoms with Gasteiger partial charge in [0, 0.05) is 32.2 Å². The number of aryl methyl sites for hydroxylation is 1. The van der Waals surface area contributed by atoms with Gasteiger partial charge in [-0.05, 0) is 19.1 Å². The number of aromatic nitrogens is 3. The van der Waals surface area contributed by atoms with Gasteiger partial charge in [-0.25, -0.2) is 23.7 Å². The van der Waals surface area contributed by atoms with Gasteiger partial charge in [0.25, 0.3) is 6.43 Å². The second-order valence-electron chi connectivity index (χ2n) is 5.94. The number of halogens is 2. The van der Waals surface area contributed by atoms with E-state index in [0.717, 1.165) is 36.8 Å². The van der Waals surface area contributed by atoms with Crippen LogP contribution in [0.3, 0.4) is 0 Å². The number of anilines is 2. The minimum absolute atomic E-state index is 0.212. The van der Waals surface area contributed by atoms with Crippen LogP contribution in [0.1, 0.15) is 17.9 Å². The van der Waals surface area contributed by atoms with E-state index < -0.39 is 6.43 Å². The van der Waals surface area contributed by atoms with Gasteiger partial charge in [0.2, 0.25) is 0 Å². The Morgan fingerprint density at radius 3 is 2.44 bits per heavy atom. The molecule has 4 rings (SSSR count). The molecule has 8 heteroatoms. The highest BCUT2D eigenvalue weighted by atomic mass is 32.1. The molecule has 130 valence electrons. The maximum absolute atomic E-state index is 13.0. The van der Waals surface area contributed by atoms with Gasteiger partial charge in [-0.1, -0.05) is 23.5 Å². The number of benzene rings is 1. The Bertz CT molecular complexity index is 857. The average molecular weight is 361 g/mol. The van der Waals surface area contributed by atoms with Crippen molar-refractivity contribution in [2.24, 2.45) is 0 Å². The molecule has 0 spiro atoms. The molecule has 25 heavy (non-hydrogen) atoms. The summed E-state index contributed by atoms with van der Waals surface area (Å²) in [5.74, 6) is 0.952. The van der Waals surface area contributed by atoms with Crippen molar-refractivity contribution in [1.29, 1.82) is 0 Å². The molecule has 0 amide bonds. The van der Waals surface area contributed by atoms with Gasteiger partial charge in [-0.3, -0.25) is 0 Å². The maximum atomic E-state index is 13.0. The summed E-state index contributed by atoms with van der Waals surface area (Å²) in [6.45, 7) is 4.65. The molecule has 1 aliphatic heterocycles. The zero-order valence-corrected chi connectivity index (χ0v) is 14.5. The first kappa shape index (κ1) is 16.1. The van der Waals surface area contributed by atoms with Gasteiger partial charge >= 0.3 is 0 Å². The van der Waals surface area contributed by atoms with E-state index in [1.165, 1.54) is 10.8 Å². The zero-order valence-electron chi connectivity index (χ0n) is 13.7. The lowest BCUT2D eigenvalue weighted by atomic mass is 10.3. The third-order valence-corrected chi connectivity index (χ3v) is 5.32. The third kappa shape index (κ3) is 3.26. The highest BCUT2D eigenvalue weighted by molar-refractivity contribution is 7.22. The van der Waals surface area contributed by atoms with E-state index in [1.807, 2.05) is 23.1 Å². The van der Waals surface area contributed by atoms with E-state index in [-0.39, 0.29) is 5.69 Å². The number of alkyl halides is 2. The first-order valence-electron chi connectivity index (χ1n) is 8.09. The van der Waals surface area contributed by atoms with Crippen molar-refractivity contribution < 1.29 is 8.78 Å². The molecule has 3 heterocycles. The first-order valence-corrected chi connectivity index (χ1v) is 8.91. The fourth-order valence-corrected chi connectivity index (χ4v) is 3.99. The summed E-state index contributed by atoms with van der Waals surface area (Å²) < 4.78 is 27.1. The molecule has 1 aromatic carbocycles. The van der Waals surface area contributed by atoms with Crippen molar-refractivity contribution in [3.8, 4) is 0 Å². The number of nitrogens with zero attached hydrogens (tertiary/aromatic N) is 5. The molecule has 0 radical (unpaired) electrons. The number of piperazine rings is 1. The van der Waals surface area contributed by atoms with Crippen LogP contribution < -0.4 is 9.80 Å². The topological polar surface area (TPSA) is 45.2 Å². The van der Waals surface area contributed by atoms with Gasteiger partial charge in [0.15, 0.2) is 5.13 Å². The van der Waals surface area contributed by atoms with Crippen LogP contribution in [-0.2, 0) is 0 Å². The summed E-state index contributed by atoms with van der Waals surface area (Å²) in [7, 11) is 0. The third-order valence-electron chi connectivity index (χ3n) is 4.22. The van der Waals surface area contributed by atoms with Crippen molar-refractivity contribution in [3.63, 3.8) is 0 Å². The largest absolute Gasteiger partial charge is 0.353 e. The van der Waals surface area contributed by atoms with Gasteiger partial charge < -0.3 is 9.80 Å². The predicted molar refractivity (Wildman–Crippen MR) is 95.8 cm³/mol. The quantitative estimate of drug-likeness (QED) is 0.712. The smallest absolute Gasteiger partial charge is 0.280 e. The second kappa shape index (κ2) is 6.51. The zero-order chi connectivity index (χ0) is 17.4. The van der Waals surface area contributed by atoms with Gasteiger partial charge in [-0.15, -0.1) is 0 Å². The van der Waals surface area contributed by atoms with Crippen molar-refractivity contribution in [2.75, 3.05) is 36.0 Å². The van der Waals surface area contributed by atoms with E-state index in [1.54, 1.807) is 18.3 Å². The molecule has 1 fully saturated rings. The number of hydrogen-bond acceptors (Lipinski definition) is 6. The molecule has 1 aliphatic rings. The average Bonchev–Trinajstić information content (AvgIpc) is 3.05. The molecule has 1 saturated heterocycles. The molecule has 0 saturated carbocycles. The molecule has 0 N–H and O–H groups in total. The van der Waals surface area contributed by atoms with Gasteiger partial charge in [0.1, 0.15) is 17.3 Å². The van der Waals surface area contributed by atoms with Crippen LogP contribution >= 0.6 is 11.3 Å². The Kier molecular flexibility index (Phi) is 4.20. The maximum Gasteiger partial charge on any atom is 0.280 e. The standard InChI is InChI=1S/C17H17F2N5S/c1-11-20-13(16(18)19)10-15(21-11)23-6-8-24(9-7-23)17-22-12-4-2-3-5-14(12)25-17/h2-5,10,16H,6-9H2,1H3. The number of fused-ring (bicyclic) bond motifs is 1. The van der Waals surface area contributed by atoms with Crippen molar-refractivity contribution in [2.45, 2.75) is 13.3 Å². The molecule has 3 aromatic rings. The molecule has 0 atom stereocenters. The van der Waals surface area contributed by atoms with Crippen molar-refractivity contribution in [3.05, 3.63) is 41.9 Å². The van der Waals surface area contributed by atoms with Gasteiger partial charge in [-0.2, -0.15) is 0 Å². The second-order valence-corrected chi connectivity index (χ2v) is 6.95. The number of thiazole rings is 1. The Balaban J connectivity index is 1.49. The summed E-state index contributed by atoms with van der Waals surface area (Å²) in [5.41, 5.74) is 0.800. The Hall–Kier alpha value is -2.35. The first-order chi connectivity index (χ1) is 12.1. The SMILES string of the molecule is Cc1nc(C(F)F)cc(N2CCN(c3nc4ccccc4s3)CC2)n1.